The fourth-order valence-corrected chi connectivity index (χ4v) is 3.14. The van der Waals surface area contributed by atoms with E-state index in [4.69, 9.17) is 4.42 Å². The van der Waals surface area contributed by atoms with Gasteiger partial charge in [-0.1, -0.05) is 36.4 Å². The van der Waals surface area contributed by atoms with Gasteiger partial charge in [-0.2, -0.15) is 0 Å². The Kier molecular flexibility index (Phi) is 6.82. The van der Waals surface area contributed by atoms with E-state index in [-0.39, 0.29) is 17.6 Å². The molecule has 0 unspecified atom stereocenters. The van der Waals surface area contributed by atoms with Crippen LogP contribution in [0.5, 0.6) is 0 Å². The minimum absolute atomic E-state index is 0.0913. The van der Waals surface area contributed by atoms with Crippen molar-refractivity contribution in [2.75, 3.05) is 39.3 Å². The van der Waals surface area contributed by atoms with Crippen molar-refractivity contribution in [3.8, 4) is 0 Å². The first-order valence-corrected chi connectivity index (χ1v) is 9.37. The molecule has 0 radical (unpaired) electrons. The first-order chi connectivity index (χ1) is 13.2. The number of rotatable bonds is 7. The second-order valence-corrected chi connectivity index (χ2v) is 6.63. The van der Waals surface area contributed by atoms with Crippen LogP contribution < -0.4 is 10.2 Å². The maximum absolute atomic E-state index is 12.3. The van der Waals surface area contributed by atoms with Crippen molar-refractivity contribution in [2.24, 2.45) is 0 Å². The molecule has 6 nitrogen and oxygen atoms in total. The molecule has 6 heteroatoms. The van der Waals surface area contributed by atoms with Crippen molar-refractivity contribution in [3.05, 3.63) is 66.1 Å². The maximum Gasteiger partial charge on any atom is 0.286 e. The Labute approximate surface area is 159 Å². The number of amides is 2. The number of nitrogens with zero attached hydrogens (tertiary/aromatic N) is 1. The second kappa shape index (κ2) is 9.73. The lowest BCUT2D eigenvalue weighted by molar-refractivity contribution is -0.898. The summed E-state index contributed by atoms with van der Waals surface area (Å²) in [5, 5.41) is 2.71. The Morgan fingerprint density at radius 2 is 1.89 bits per heavy atom. The van der Waals surface area contributed by atoms with Crippen LogP contribution in [-0.4, -0.2) is 56.0 Å². The highest BCUT2D eigenvalue weighted by molar-refractivity contribution is 5.91. The molecule has 0 aliphatic carbocycles. The number of furan rings is 1. The van der Waals surface area contributed by atoms with Gasteiger partial charge < -0.3 is 19.5 Å². The van der Waals surface area contributed by atoms with E-state index in [1.165, 1.54) is 16.7 Å². The van der Waals surface area contributed by atoms with Crippen LogP contribution in [-0.2, 0) is 4.79 Å². The van der Waals surface area contributed by atoms with Gasteiger partial charge in [-0.3, -0.25) is 9.59 Å². The molecule has 2 aromatic rings. The summed E-state index contributed by atoms with van der Waals surface area (Å²) in [6.45, 7) is 4.72. The van der Waals surface area contributed by atoms with Gasteiger partial charge in [0.25, 0.3) is 5.91 Å². The minimum Gasteiger partial charge on any atom is -0.459 e. The normalized spacial score (nSPS) is 15.2. The Balaban J connectivity index is 1.33. The Morgan fingerprint density at radius 3 is 2.59 bits per heavy atom. The third-order valence-corrected chi connectivity index (χ3v) is 4.71. The number of benzene rings is 1. The highest BCUT2D eigenvalue weighted by Crippen LogP contribution is 2.01. The lowest BCUT2D eigenvalue weighted by Gasteiger charge is -2.31. The van der Waals surface area contributed by atoms with Gasteiger partial charge in [0.1, 0.15) is 0 Å². The molecule has 0 atom stereocenters. The number of hydrogen-bond acceptors (Lipinski definition) is 3. The molecule has 0 spiro atoms. The molecule has 2 N–H and O–H groups in total. The minimum atomic E-state index is -0.285. The number of carbonyl (C=O) groups excluding carboxylic acids is 2. The van der Waals surface area contributed by atoms with Crippen LogP contribution in [0.25, 0.3) is 6.08 Å². The van der Waals surface area contributed by atoms with E-state index >= 15 is 0 Å². The van der Waals surface area contributed by atoms with E-state index in [2.05, 4.69) is 29.6 Å². The van der Waals surface area contributed by atoms with Gasteiger partial charge in [0.2, 0.25) is 5.91 Å². The summed E-state index contributed by atoms with van der Waals surface area (Å²) in [7, 11) is 0. The van der Waals surface area contributed by atoms with Crippen LogP contribution in [0.1, 0.15) is 22.5 Å². The number of nitrogens with one attached hydrogen (secondary N) is 2. The van der Waals surface area contributed by atoms with E-state index in [9.17, 15) is 9.59 Å². The molecule has 1 aromatic heterocycles. The van der Waals surface area contributed by atoms with Crippen LogP contribution in [0.3, 0.4) is 0 Å². The smallest absolute Gasteiger partial charge is 0.286 e. The van der Waals surface area contributed by atoms with Crippen molar-refractivity contribution in [1.29, 1.82) is 0 Å². The van der Waals surface area contributed by atoms with Crippen molar-refractivity contribution >= 4 is 17.9 Å². The molecule has 27 heavy (non-hydrogen) atoms. The van der Waals surface area contributed by atoms with E-state index in [0.717, 1.165) is 32.7 Å². The largest absolute Gasteiger partial charge is 0.459 e. The number of carbonyl (C=O) groups is 2. The van der Waals surface area contributed by atoms with Crippen LogP contribution in [0.2, 0.25) is 0 Å². The van der Waals surface area contributed by atoms with Gasteiger partial charge in [0, 0.05) is 13.0 Å². The summed E-state index contributed by atoms with van der Waals surface area (Å²) in [4.78, 5) is 27.4. The van der Waals surface area contributed by atoms with Crippen molar-refractivity contribution < 1.29 is 18.9 Å². The van der Waals surface area contributed by atoms with Gasteiger partial charge in [-0.15, -0.1) is 0 Å². The van der Waals surface area contributed by atoms with Gasteiger partial charge >= 0.3 is 0 Å². The summed E-state index contributed by atoms with van der Waals surface area (Å²) in [6.07, 6.45) is 6.12. The predicted molar refractivity (Wildman–Crippen MR) is 103 cm³/mol. The van der Waals surface area contributed by atoms with Crippen LogP contribution >= 0.6 is 0 Å². The van der Waals surface area contributed by atoms with Crippen LogP contribution in [0, 0.1) is 0 Å². The molecular formula is C21H26N3O3+. The van der Waals surface area contributed by atoms with Crippen LogP contribution in [0.15, 0.2) is 59.2 Å². The van der Waals surface area contributed by atoms with Gasteiger partial charge in [0.05, 0.1) is 39.0 Å². The highest BCUT2D eigenvalue weighted by Gasteiger charge is 2.22. The molecular weight excluding hydrogens is 342 g/mol. The molecule has 3 rings (SSSR count). The van der Waals surface area contributed by atoms with Crippen molar-refractivity contribution in [2.45, 2.75) is 6.42 Å². The lowest BCUT2D eigenvalue weighted by Crippen LogP contribution is -3.14. The van der Waals surface area contributed by atoms with E-state index in [1.807, 2.05) is 23.1 Å². The van der Waals surface area contributed by atoms with Crippen molar-refractivity contribution in [3.63, 3.8) is 0 Å². The highest BCUT2D eigenvalue weighted by atomic mass is 16.3. The third kappa shape index (κ3) is 5.82. The molecule has 2 amide bonds. The van der Waals surface area contributed by atoms with E-state index < -0.39 is 0 Å². The summed E-state index contributed by atoms with van der Waals surface area (Å²) < 4.78 is 5.03. The third-order valence-electron chi connectivity index (χ3n) is 4.71. The summed E-state index contributed by atoms with van der Waals surface area (Å²) in [6, 6.07) is 13.5. The van der Waals surface area contributed by atoms with Gasteiger partial charge in [-0.25, -0.2) is 0 Å². The molecule has 1 saturated heterocycles. The Hall–Kier alpha value is -2.86. The molecule has 1 aromatic carbocycles. The quantitative estimate of drug-likeness (QED) is 0.761. The van der Waals surface area contributed by atoms with E-state index in [0.29, 0.717) is 13.0 Å². The standard InChI is InChI=1S/C21H25N3O3/c25-20(10-11-22-21(26)19-9-5-17-27-19)24-15-13-23(14-16-24)12-4-8-18-6-2-1-3-7-18/h1-9,17H,10-16H2,(H,22,26)/p+1/b8-4+. The first-order valence-electron chi connectivity index (χ1n) is 9.37. The molecule has 1 aliphatic rings. The molecule has 1 fully saturated rings. The monoisotopic (exact) mass is 368 g/mol. The van der Waals surface area contributed by atoms with Crippen molar-refractivity contribution in [1.82, 2.24) is 10.2 Å². The number of quaternary nitrogens is 1. The van der Waals surface area contributed by atoms with E-state index in [1.54, 1.807) is 12.1 Å². The Morgan fingerprint density at radius 1 is 1.11 bits per heavy atom. The topological polar surface area (TPSA) is 67.0 Å². The zero-order chi connectivity index (χ0) is 18.9. The fraction of sp³-hybridized carbons (Fsp3) is 0.333. The molecule has 0 saturated carbocycles. The van der Waals surface area contributed by atoms with Gasteiger partial charge in [0.15, 0.2) is 5.76 Å². The number of piperazine rings is 1. The lowest BCUT2D eigenvalue weighted by atomic mass is 10.2. The van der Waals surface area contributed by atoms with Gasteiger partial charge in [-0.05, 0) is 23.8 Å². The summed E-state index contributed by atoms with van der Waals surface area (Å²) >= 11 is 0. The zero-order valence-electron chi connectivity index (χ0n) is 15.4. The first kappa shape index (κ1) is 18.9. The molecule has 142 valence electrons. The second-order valence-electron chi connectivity index (χ2n) is 6.63. The summed E-state index contributed by atoms with van der Waals surface area (Å²) in [5.41, 5.74) is 1.21. The zero-order valence-corrected chi connectivity index (χ0v) is 15.4. The average Bonchev–Trinajstić information content (AvgIpc) is 3.24. The molecule has 1 aliphatic heterocycles. The number of hydrogen-bond donors (Lipinski definition) is 2. The molecule has 0 bridgehead atoms. The maximum atomic E-state index is 12.3. The molecule has 2 heterocycles. The predicted octanol–water partition coefficient (Wildman–Crippen LogP) is 0.840. The average molecular weight is 368 g/mol. The Bertz CT molecular complexity index is 748. The SMILES string of the molecule is O=C(NCCC(=O)N1CC[NH+](C/C=C/c2ccccc2)CC1)c1ccco1. The van der Waals surface area contributed by atoms with Crippen LogP contribution in [0.4, 0.5) is 0 Å². The fourth-order valence-electron chi connectivity index (χ4n) is 3.14. The summed E-state index contributed by atoms with van der Waals surface area (Å²) in [5.74, 6) is 0.0733.